The molecule has 4 nitrogen and oxygen atoms in total. The highest BCUT2D eigenvalue weighted by atomic mass is 79.9. The van der Waals surface area contributed by atoms with Crippen molar-refractivity contribution >= 4 is 21.8 Å². The van der Waals surface area contributed by atoms with Crippen LogP contribution in [0.2, 0.25) is 0 Å². The molecule has 0 fully saturated rings. The molecule has 0 radical (unpaired) electrons. The summed E-state index contributed by atoms with van der Waals surface area (Å²) in [5.41, 5.74) is 0.0247. The van der Waals surface area contributed by atoms with Crippen LogP contribution in [0.15, 0.2) is 46.9 Å². The number of benzene rings is 2. The third-order valence-corrected chi connectivity index (χ3v) is 4.37. The van der Waals surface area contributed by atoms with E-state index in [2.05, 4.69) is 21.2 Å². The van der Waals surface area contributed by atoms with Gasteiger partial charge in [0.25, 0.3) is 5.91 Å². The summed E-state index contributed by atoms with van der Waals surface area (Å²) in [4.78, 5) is 12.2. The van der Waals surface area contributed by atoms with Crippen LogP contribution in [0.5, 0.6) is 11.5 Å². The summed E-state index contributed by atoms with van der Waals surface area (Å²) < 4.78 is 49.7. The fourth-order valence-electron chi connectivity index (χ4n) is 2.66. The van der Waals surface area contributed by atoms with Crippen molar-refractivity contribution in [3.05, 3.63) is 58.1 Å². The van der Waals surface area contributed by atoms with Gasteiger partial charge in [-0.2, -0.15) is 13.2 Å². The number of carbonyl (C=O) groups is 1. The summed E-state index contributed by atoms with van der Waals surface area (Å²) in [6, 6.07) is 9.72. The van der Waals surface area contributed by atoms with Crippen LogP contribution in [0.1, 0.15) is 23.6 Å². The molecule has 1 unspecified atom stereocenters. The minimum Gasteiger partial charge on any atom is -0.493 e. The number of hydrogen-bond donors (Lipinski definition) is 1. The number of rotatable bonds is 4. The zero-order chi connectivity index (χ0) is 18.7. The van der Waals surface area contributed by atoms with Gasteiger partial charge in [0.2, 0.25) is 0 Å². The molecule has 1 aliphatic heterocycles. The zero-order valence-corrected chi connectivity index (χ0v) is 15.1. The van der Waals surface area contributed by atoms with Crippen LogP contribution in [0.4, 0.5) is 13.2 Å². The Kier molecular flexibility index (Phi) is 5.41. The smallest absolute Gasteiger partial charge is 0.416 e. The van der Waals surface area contributed by atoms with Gasteiger partial charge in [0.05, 0.1) is 18.2 Å². The number of amides is 1. The van der Waals surface area contributed by atoms with Gasteiger partial charge in [-0.1, -0.05) is 22.0 Å². The second-order valence-corrected chi connectivity index (χ2v) is 6.67. The number of fused-ring (bicyclic) bond motifs is 1. The van der Waals surface area contributed by atoms with Crippen LogP contribution in [0.3, 0.4) is 0 Å². The van der Waals surface area contributed by atoms with E-state index in [1.54, 1.807) is 0 Å². The normalized spacial score (nSPS) is 16.4. The minimum absolute atomic E-state index is 0.00917. The Hall–Kier alpha value is -2.22. The average molecular weight is 430 g/mol. The summed E-state index contributed by atoms with van der Waals surface area (Å²) in [7, 11) is 0. The minimum atomic E-state index is -4.46. The van der Waals surface area contributed by atoms with Crippen molar-refractivity contribution in [2.24, 2.45) is 0 Å². The third kappa shape index (κ3) is 4.49. The van der Waals surface area contributed by atoms with E-state index in [9.17, 15) is 18.0 Å². The number of nitrogens with one attached hydrogen (secondary N) is 1. The zero-order valence-electron chi connectivity index (χ0n) is 13.5. The van der Waals surface area contributed by atoms with Gasteiger partial charge in [-0.15, -0.1) is 0 Å². The molecule has 2 aromatic rings. The van der Waals surface area contributed by atoms with Crippen LogP contribution >= 0.6 is 15.9 Å². The lowest BCUT2D eigenvalue weighted by Gasteiger charge is -2.27. The second kappa shape index (κ2) is 7.57. The molecule has 0 aromatic heterocycles. The van der Waals surface area contributed by atoms with Gasteiger partial charge >= 0.3 is 6.18 Å². The maximum Gasteiger partial charge on any atom is 0.416 e. The highest BCUT2D eigenvalue weighted by Gasteiger charge is 2.30. The summed E-state index contributed by atoms with van der Waals surface area (Å²) in [5.74, 6) is 0.272. The molecule has 0 spiro atoms. The summed E-state index contributed by atoms with van der Waals surface area (Å²) in [6.07, 6.45) is -3.86. The molecule has 2 aromatic carbocycles. The maximum atomic E-state index is 12.7. The van der Waals surface area contributed by atoms with Crippen molar-refractivity contribution in [2.45, 2.75) is 18.6 Å². The molecule has 1 atom stereocenters. The Morgan fingerprint density at radius 3 is 2.85 bits per heavy atom. The van der Waals surface area contributed by atoms with Gasteiger partial charge in [-0.25, -0.2) is 0 Å². The third-order valence-electron chi connectivity index (χ3n) is 3.88. The molecule has 138 valence electrons. The van der Waals surface area contributed by atoms with E-state index in [4.69, 9.17) is 9.47 Å². The van der Waals surface area contributed by atoms with Crippen LogP contribution in [-0.4, -0.2) is 19.1 Å². The Labute approximate surface area is 156 Å². The fraction of sp³-hybridized carbons (Fsp3) is 0.278. The quantitative estimate of drug-likeness (QED) is 0.778. The van der Waals surface area contributed by atoms with Crippen LogP contribution < -0.4 is 14.8 Å². The Balaban J connectivity index is 1.62. The molecule has 0 saturated carbocycles. The van der Waals surface area contributed by atoms with Crippen molar-refractivity contribution < 1.29 is 27.4 Å². The molecule has 0 bridgehead atoms. The van der Waals surface area contributed by atoms with Gasteiger partial charge in [0, 0.05) is 16.5 Å². The first-order valence-corrected chi connectivity index (χ1v) is 8.64. The molecule has 1 heterocycles. The lowest BCUT2D eigenvalue weighted by atomic mass is 10.0. The predicted molar refractivity (Wildman–Crippen MR) is 92.1 cm³/mol. The first kappa shape index (κ1) is 18.6. The number of alkyl halides is 3. The van der Waals surface area contributed by atoms with E-state index < -0.39 is 17.6 Å². The monoisotopic (exact) mass is 429 g/mol. The molecule has 1 N–H and O–H groups in total. The molecule has 0 saturated heterocycles. The van der Waals surface area contributed by atoms with Gasteiger partial charge in [0.15, 0.2) is 6.61 Å². The van der Waals surface area contributed by atoms with Crippen LogP contribution in [-0.2, 0) is 11.0 Å². The summed E-state index contributed by atoms with van der Waals surface area (Å²) >= 11 is 3.38. The molecular weight excluding hydrogens is 415 g/mol. The van der Waals surface area contributed by atoms with Gasteiger partial charge in [-0.3, -0.25) is 4.79 Å². The lowest BCUT2D eigenvalue weighted by Crippen LogP contribution is -2.35. The SMILES string of the molecule is O=C(COc1cccc(C(F)(F)F)c1)NC1CCOc2ccc(Br)cc21. The number of carbonyl (C=O) groups excluding carboxylic acids is 1. The van der Waals surface area contributed by atoms with Crippen molar-refractivity contribution in [1.29, 1.82) is 0 Å². The van der Waals surface area contributed by atoms with E-state index in [1.807, 2.05) is 18.2 Å². The maximum absolute atomic E-state index is 12.7. The van der Waals surface area contributed by atoms with Crippen LogP contribution in [0.25, 0.3) is 0 Å². The standard InChI is InChI=1S/C18H15BrF3NO3/c19-12-4-5-16-14(9-12)15(6-7-25-16)23-17(24)10-26-13-3-1-2-11(8-13)18(20,21)22/h1-5,8-9,15H,6-7,10H2,(H,23,24). The van der Waals surface area contributed by atoms with Gasteiger partial charge < -0.3 is 14.8 Å². The van der Waals surface area contributed by atoms with E-state index in [-0.39, 0.29) is 18.4 Å². The van der Waals surface area contributed by atoms with Crippen molar-refractivity contribution in [2.75, 3.05) is 13.2 Å². The van der Waals surface area contributed by atoms with Gasteiger partial charge in [0.1, 0.15) is 11.5 Å². The summed E-state index contributed by atoms with van der Waals surface area (Å²) in [5, 5.41) is 2.83. The Morgan fingerprint density at radius 1 is 1.27 bits per heavy atom. The first-order chi connectivity index (χ1) is 12.3. The van der Waals surface area contributed by atoms with E-state index in [0.717, 1.165) is 22.2 Å². The number of ether oxygens (including phenoxy) is 2. The highest BCUT2D eigenvalue weighted by molar-refractivity contribution is 9.10. The van der Waals surface area contributed by atoms with Gasteiger partial charge in [-0.05, 0) is 36.4 Å². The molecule has 3 rings (SSSR count). The predicted octanol–water partition coefficient (Wildman–Crippen LogP) is 4.49. The number of hydrogen-bond acceptors (Lipinski definition) is 3. The Morgan fingerprint density at radius 2 is 2.08 bits per heavy atom. The fourth-order valence-corrected chi connectivity index (χ4v) is 3.04. The summed E-state index contributed by atoms with van der Waals surface area (Å²) in [6.45, 7) is 0.0933. The molecule has 1 amide bonds. The van der Waals surface area contributed by atoms with Crippen LogP contribution in [0, 0.1) is 0 Å². The molecular formula is C18H15BrF3NO3. The van der Waals surface area contributed by atoms with Crippen molar-refractivity contribution in [3.63, 3.8) is 0 Å². The van der Waals surface area contributed by atoms with E-state index in [0.29, 0.717) is 18.8 Å². The average Bonchev–Trinajstić information content (AvgIpc) is 2.60. The highest BCUT2D eigenvalue weighted by Crippen LogP contribution is 2.34. The molecule has 8 heteroatoms. The van der Waals surface area contributed by atoms with Crippen molar-refractivity contribution in [1.82, 2.24) is 5.32 Å². The molecule has 26 heavy (non-hydrogen) atoms. The Bertz CT molecular complexity index is 811. The second-order valence-electron chi connectivity index (χ2n) is 5.75. The van der Waals surface area contributed by atoms with E-state index in [1.165, 1.54) is 12.1 Å². The van der Waals surface area contributed by atoms with E-state index >= 15 is 0 Å². The number of halogens is 4. The first-order valence-electron chi connectivity index (χ1n) is 7.84. The topological polar surface area (TPSA) is 47.6 Å². The largest absolute Gasteiger partial charge is 0.493 e. The van der Waals surface area contributed by atoms with Crippen molar-refractivity contribution in [3.8, 4) is 11.5 Å². The lowest BCUT2D eigenvalue weighted by molar-refractivity contribution is -0.137. The molecule has 0 aliphatic carbocycles. The molecule has 1 aliphatic rings.